The van der Waals surface area contributed by atoms with Crippen LogP contribution in [0.3, 0.4) is 0 Å². The van der Waals surface area contributed by atoms with Gasteiger partial charge in [-0.3, -0.25) is 9.59 Å². The quantitative estimate of drug-likeness (QED) is 0.678. The molecule has 14 heavy (non-hydrogen) atoms. The number of rotatable bonds is 0. The summed E-state index contributed by atoms with van der Waals surface area (Å²) in [5, 5.41) is 9.46. The third-order valence-electron chi connectivity index (χ3n) is 2.53. The van der Waals surface area contributed by atoms with Gasteiger partial charge < -0.3 is 5.11 Å². The topological polar surface area (TPSA) is 54.4 Å². The highest BCUT2D eigenvalue weighted by Crippen LogP contribution is 2.30. The molecule has 0 saturated heterocycles. The first kappa shape index (κ1) is 8.94. The Hall–Kier alpha value is -1.64. The highest BCUT2D eigenvalue weighted by atomic mass is 16.3. The van der Waals surface area contributed by atoms with E-state index in [1.54, 1.807) is 19.1 Å². The first-order valence-corrected chi connectivity index (χ1v) is 4.50. The SMILES string of the molecule is C[C@H]1CC(=O)c2c(O)cccc2C1=O. The second kappa shape index (κ2) is 2.94. The first-order valence-electron chi connectivity index (χ1n) is 4.50. The molecule has 1 N–H and O–H groups in total. The van der Waals surface area contributed by atoms with Gasteiger partial charge in [0.1, 0.15) is 5.75 Å². The van der Waals surface area contributed by atoms with Crippen LogP contribution in [0.2, 0.25) is 0 Å². The fourth-order valence-corrected chi connectivity index (χ4v) is 1.78. The molecule has 1 aromatic rings. The minimum Gasteiger partial charge on any atom is -0.507 e. The van der Waals surface area contributed by atoms with Crippen molar-refractivity contribution in [1.82, 2.24) is 0 Å². The van der Waals surface area contributed by atoms with Crippen LogP contribution >= 0.6 is 0 Å². The maximum Gasteiger partial charge on any atom is 0.168 e. The molecule has 1 aromatic carbocycles. The van der Waals surface area contributed by atoms with Crippen LogP contribution in [0.4, 0.5) is 0 Å². The standard InChI is InChI=1S/C11H10O3/c1-6-5-9(13)10-7(11(6)14)3-2-4-8(10)12/h2-4,6,12H,5H2,1H3/t6-/m0/s1. The molecule has 0 aliphatic heterocycles. The number of aromatic hydroxyl groups is 1. The fraction of sp³-hybridized carbons (Fsp3) is 0.273. The van der Waals surface area contributed by atoms with Crippen LogP contribution in [-0.2, 0) is 0 Å². The molecule has 0 bridgehead atoms. The van der Waals surface area contributed by atoms with E-state index in [-0.39, 0.29) is 35.2 Å². The van der Waals surface area contributed by atoms with Crippen LogP contribution in [0.25, 0.3) is 0 Å². The van der Waals surface area contributed by atoms with Crippen molar-refractivity contribution in [2.24, 2.45) is 5.92 Å². The molecule has 1 atom stereocenters. The third-order valence-corrected chi connectivity index (χ3v) is 2.53. The molecular formula is C11H10O3. The van der Waals surface area contributed by atoms with E-state index in [0.717, 1.165) is 0 Å². The zero-order chi connectivity index (χ0) is 10.3. The highest BCUT2D eigenvalue weighted by molar-refractivity contribution is 6.16. The Morgan fingerprint density at radius 2 is 2.07 bits per heavy atom. The number of hydrogen-bond acceptors (Lipinski definition) is 3. The summed E-state index contributed by atoms with van der Waals surface area (Å²) in [6, 6.07) is 4.60. The molecule has 1 aliphatic carbocycles. The second-order valence-electron chi connectivity index (χ2n) is 3.59. The molecule has 0 fully saturated rings. The summed E-state index contributed by atoms with van der Waals surface area (Å²) >= 11 is 0. The number of phenols is 1. The lowest BCUT2D eigenvalue weighted by Gasteiger charge is -2.19. The van der Waals surface area contributed by atoms with Gasteiger partial charge in [0.25, 0.3) is 0 Å². The maximum atomic E-state index is 11.7. The Balaban J connectivity index is 2.67. The molecule has 2 rings (SSSR count). The molecule has 0 radical (unpaired) electrons. The van der Waals surface area contributed by atoms with Crippen molar-refractivity contribution in [2.45, 2.75) is 13.3 Å². The highest BCUT2D eigenvalue weighted by Gasteiger charge is 2.31. The molecule has 0 saturated carbocycles. The zero-order valence-electron chi connectivity index (χ0n) is 7.78. The summed E-state index contributed by atoms with van der Waals surface area (Å²) in [4.78, 5) is 23.2. The average Bonchev–Trinajstić information content (AvgIpc) is 2.14. The minimum atomic E-state index is -0.267. The van der Waals surface area contributed by atoms with E-state index >= 15 is 0 Å². The molecule has 0 amide bonds. The van der Waals surface area contributed by atoms with Crippen molar-refractivity contribution in [3.05, 3.63) is 29.3 Å². The molecule has 72 valence electrons. The molecule has 3 heteroatoms. The molecule has 0 aromatic heterocycles. The van der Waals surface area contributed by atoms with Crippen molar-refractivity contribution >= 4 is 11.6 Å². The number of fused-ring (bicyclic) bond motifs is 1. The van der Waals surface area contributed by atoms with Crippen molar-refractivity contribution in [2.75, 3.05) is 0 Å². The first-order chi connectivity index (χ1) is 6.61. The Morgan fingerprint density at radius 3 is 2.79 bits per heavy atom. The van der Waals surface area contributed by atoms with Crippen molar-refractivity contribution < 1.29 is 14.7 Å². The van der Waals surface area contributed by atoms with E-state index < -0.39 is 0 Å². The van der Waals surface area contributed by atoms with Crippen molar-refractivity contribution in [3.8, 4) is 5.75 Å². The summed E-state index contributed by atoms with van der Waals surface area (Å²) in [7, 11) is 0. The van der Waals surface area contributed by atoms with E-state index in [4.69, 9.17) is 0 Å². The lowest BCUT2D eigenvalue weighted by atomic mass is 9.82. The van der Waals surface area contributed by atoms with Crippen molar-refractivity contribution in [1.29, 1.82) is 0 Å². The van der Waals surface area contributed by atoms with Gasteiger partial charge in [-0.25, -0.2) is 0 Å². The van der Waals surface area contributed by atoms with Gasteiger partial charge in [-0.15, -0.1) is 0 Å². The van der Waals surface area contributed by atoms with Gasteiger partial charge in [-0.1, -0.05) is 19.1 Å². The van der Waals surface area contributed by atoms with E-state index in [9.17, 15) is 14.7 Å². The lowest BCUT2D eigenvalue weighted by Crippen LogP contribution is -2.24. The number of carbonyl (C=O) groups excluding carboxylic acids is 2. The molecule has 1 aliphatic rings. The van der Waals surface area contributed by atoms with Crippen LogP contribution in [0.1, 0.15) is 34.1 Å². The molecule has 0 unspecified atom stereocenters. The van der Waals surface area contributed by atoms with Gasteiger partial charge in [0.2, 0.25) is 0 Å². The summed E-state index contributed by atoms with van der Waals surface area (Å²) in [6.45, 7) is 1.73. The minimum absolute atomic E-state index is 0.0597. The zero-order valence-corrected chi connectivity index (χ0v) is 7.78. The largest absolute Gasteiger partial charge is 0.507 e. The Morgan fingerprint density at radius 1 is 1.36 bits per heavy atom. The lowest BCUT2D eigenvalue weighted by molar-refractivity contribution is 0.0832. The van der Waals surface area contributed by atoms with E-state index in [0.29, 0.717) is 5.56 Å². The number of ketones is 2. The summed E-state index contributed by atoms with van der Waals surface area (Å²) in [5.74, 6) is -0.565. The third kappa shape index (κ3) is 1.13. The normalized spacial score (nSPS) is 20.8. The Labute approximate surface area is 81.4 Å². The number of phenolic OH excluding ortho intramolecular Hbond substituents is 1. The summed E-state index contributed by atoms with van der Waals surface area (Å²) < 4.78 is 0. The average molecular weight is 190 g/mol. The molecular weight excluding hydrogens is 180 g/mol. The van der Waals surface area contributed by atoms with Crippen LogP contribution in [-0.4, -0.2) is 16.7 Å². The van der Waals surface area contributed by atoms with Gasteiger partial charge in [-0.05, 0) is 6.07 Å². The van der Waals surface area contributed by atoms with Crippen LogP contribution in [0, 0.1) is 5.92 Å². The molecule has 0 heterocycles. The smallest absolute Gasteiger partial charge is 0.168 e. The summed E-state index contributed by atoms with van der Waals surface area (Å²) in [6.07, 6.45) is 0.198. The van der Waals surface area contributed by atoms with E-state index in [2.05, 4.69) is 0 Å². The summed E-state index contributed by atoms with van der Waals surface area (Å²) in [5.41, 5.74) is 0.546. The van der Waals surface area contributed by atoms with E-state index in [1.165, 1.54) is 6.07 Å². The van der Waals surface area contributed by atoms with Gasteiger partial charge in [0.15, 0.2) is 11.6 Å². The number of Topliss-reactive ketones (excluding diaryl/α,β-unsaturated/α-hetero) is 2. The predicted octanol–water partition coefficient (Wildman–Crippen LogP) is 1.80. The Bertz CT molecular complexity index is 421. The fourth-order valence-electron chi connectivity index (χ4n) is 1.78. The Kier molecular flexibility index (Phi) is 1.88. The predicted molar refractivity (Wildman–Crippen MR) is 50.5 cm³/mol. The number of hydrogen-bond donors (Lipinski definition) is 1. The number of benzene rings is 1. The van der Waals surface area contributed by atoms with Crippen molar-refractivity contribution in [3.63, 3.8) is 0 Å². The molecule has 3 nitrogen and oxygen atoms in total. The van der Waals surface area contributed by atoms with Gasteiger partial charge in [0, 0.05) is 17.9 Å². The van der Waals surface area contributed by atoms with Gasteiger partial charge >= 0.3 is 0 Å². The maximum absolute atomic E-state index is 11.7. The number of carbonyl (C=O) groups is 2. The monoisotopic (exact) mass is 190 g/mol. The molecule has 0 spiro atoms. The van der Waals surface area contributed by atoms with Crippen LogP contribution < -0.4 is 0 Å². The second-order valence-corrected chi connectivity index (χ2v) is 3.59. The van der Waals surface area contributed by atoms with Gasteiger partial charge in [-0.2, -0.15) is 0 Å². The van der Waals surface area contributed by atoms with Gasteiger partial charge in [0.05, 0.1) is 5.56 Å². The van der Waals surface area contributed by atoms with Crippen LogP contribution in [0.5, 0.6) is 5.75 Å². The van der Waals surface area contributed by atoms with E-state index in [1.807, 2.05) is 0 Å². The van der Waals surface area contributed by atoms with Crippen LogP contribution in [0.15, 0.2) is 18.2 Å².